The second-order valence-electron chi connectivity index (χ2n) is 6.08. The molecule has 0 saturated carbocycles. The number of carbonyl (C=O) groups excluding carboxylic acids is 1. The fourth-order valence-electron chi connectivity index (χ4n) is 2.62. The number of amides is 1. The molecule has 0 unspecified atom stereocenters. The fraction of sp³-hybridized carbons (Fsp3) is 0.190. The van der Waals surface area contributed by atoms with E-state index in [-0.39, 0.29) is 5.91 Å². The predicted molar refractivity (Wildman–Crippen MR) is 106 cm³/mol. The predicted octanol–water partition coefficient (Wildman–Crippen LogP) is 4.11. The number of hydrogen-bond donors (Lipinski definition) is 2. The van der Waals surface area contributed by atoms with E-state index in [9.17, 15) is 4.79 Å². The number of ether oxygens (including phenoxy) is 1. The molecule has 0 aliphatic heterocycles. The lowest BCUT2D eigenvalue weighted by molar-refractivity contribution is -0.116. The molecule has 3 aromatic rings. The Morgan fingerprint density at radius 2 is 1.70 bits per heavy atom. The Balaban J connectivity index is 1.55. The van der Waals surface area contributed by atoms with E-state index in [4.69, 9.17) is 4.74 Å². The van der Waals surface area contributed by atoms with Gasteiger partial charge in [-0.25, -0.2) is 4.98 Å². The number of nitrogens with zero attached hydrogens (tertiary/aromatic N) is 2. The van der Waals surface area contributed by atoms with Crippen LogP contribution in [0.2, 0.25) is 0 Å². The Morgan fingerprint density at radius 3 is 2.41 bits per heavy atom. The summed E-state index contributed by atoms with van der Waals surface area (Å²) in [6.07, 6.45) is 1.17. The fourth-order valence-corrected chi connectivity index (χ4v) is 2.62. The highest BCUT2D eigenvalue weighted by molar-refractivity contribution is 5.91. The normalized spacial score (nSPS) is 10.3. The second-order valence-corrected chi connectivity index (χ2v) is 6.08. The van der Waals surface area contributed by atoms with Crippen molar-refractivity contribution in [3.05, 3.63) is 72.1 Å². The van der Waals surface area contributed by atoms with E-state index in [0.29, 0.717) is 23.9 Å². The minimum atomic E-state index is -0.00396. The van der Waals surface area contributed by atoms with Gasteiger partial charge >= 0.3 is 0 Å². The van der Waals surface area contributed by atoms with Crippen molar-refractivity contribution < 1.29 is 9.53 Å². The van der Waals surface area contributed by atoms with Crippen LogP contribution in [-0.2, 0) is 11.2 Å². The van der Waals surface area contributed by atoms with Gasteiger partial charge in [-0.3, -0.25) is 4.79 Å². The number of rotatable bonds is 7. The van der Waals surface area contributed by atoms with Crippen LogP contribution in [-0.4, -0.2) is 23.0 Å². The highest BCUT2D eigenvalue weighted by Crippen LogP contribution is 2.20. The minimum Gasteiger partial charge on any atom is -0.481 e. The third kappa shape index (κ3) is 5.54. The van der Waals surface area contributed by atoms with E-state index < -0.39 is 0 Å². The molecule has 1 aromatic heterocycles. The van der Waals surface area contributed by atoms with Gasteiger partial charge in [0.2, 0.25) is 11.8 Å². The van der Waals surface area contributed by atoms with Gasteiger partial charge in [-0.1, -0.05) is 30.3 Å². The lowest BCUT2D eigenvalue weighted by Crippen LogP contribution is -2.12. The lowest BCUT2D eigenvalue weighted by atomic mass is 10.1. The molecule has 0 saturated heterocycles. The van der Waals surface area contributed by atoms with Gasteiger partial charge in [0.1, 0.15) is 11.6 Å². The summed E-state index contributed by atoms with van der Waals surface area (Å²) in [5.41, 5.74) is 2.77. The van der Waals surface area contributed by atoms with Crippen LogP contribution < -0.4 is 15.4 Å². The highest BCUT2D eigenvalue weighted by Gasteiger charge is 2.05. The maximum atomic E-state index is 12.1. The van der Waals surface area contributed by atoms with Crippen LogP contribution in [0.1, 0.15) is 17.8 Å². The maximum Gasteiger partial charge on any atom is 0.224 e. The molecule has 6 heteroatoms. The minimum absolute atomic E-state index is 0.00396. The molecular weight excluding hydrogens is 340 g/mol. The number of nitrogens with one attached hydrogen (secondary N) is 2. The smallest absolute Gasteiger partial charge is 0.224 e. The first-order valence-electron chi connectivity index (χ1n) is 8.73. The SMILES string of the molecule is COc1cc(Nc2ccc(NC(=O)CCc3ccccc3)cc2)nc(C)n1. The van der Waals surface area contributed by atoms with Gasteiger partial charge in [0.15, 0.2) is 0 Å². The molecule has 0 aliphatic carbocycles. The quantitative estimate of drug-likeness (QED) is 0.661. The summed E-state index contributed by atoms with van der Waals surface area (Å²) >= 11 is 0. The van der Waals surface area contributed by atoms with Crippen molar-refractivity contribution in [1.82, 2.24) is 9.97 Å². The summed E-state index contributed by atoms with van der Waals surface area (Å²) in [4.78, 5) is 20.6. The molecule has 0 atom stereocenters. The van der Waals surface area contributed by atoms with Crippen LogP contribution in [0.3, 0.4) is 0 Å². The standard InChI is InChI=1S/C21H22N4O2/c1-15-22-19(14-21(23-15)27-2)24-17-9-11-18(12-10-17)25-20(26)13-8-16-6-4-3-5-7-16/h3-7,9-12,14H,8,13H2,1-2H3,(H,25,26)(H,22,23,24). The third-order valence-corrected chi connectivity index (χ3v) is 3.95. The molecule has 0 aliphatic rings. The molecule has 138 valence electrons. The van der Waals surface area contributed by atoms with Crippen molar-refractivity contribution in [1.29, 1.82) is 0 Å². The van der Waals surface area contributed by atoms with E-state index in [1.165, 1.54) is 0 Å². The number of aromatic nitrogens is 2. The van der Waals surface area contributed by atoms with Gasteiger partial charge in [0.25, 0.3) is 0 Å². The van der Waals surface area contributed by atoms with E-state index >= 15 is 0 Å². The summed E-state index contributed by atoms with van der Waals surface area (Å²) < 4.78 is 5.15. The number of benzene rings is 2. The van der Waals surface area contributed by atoms with Crippen molar-refractivity contribution in [3.8, 4) is 5.88 Å². The first kappa shape index (κ1) is 18.4. The van der Waals surface area contributed by atoms with Gasteiger partial charge in [-0.15, -0.1) is 0 Å². The second kappa shape index (κ2) is 8.80. The monoisotopic (exact) mass is 362 g/mol. The van der Waals surface area contributed by atoms with Crippen LogP contribution in [0.5, 0.6) is 5.88 Å². The summed E-state index contributed by atoms with van der Waals surface area (Å²) in [6, 6.07) is 19.2. The van der Waals surface area contributed by atoms with Crippen molar-refractivity contribution >= 4 is 23.1 Å². The van der Waals surface area contributed by atoms with E-state index in [2.05, 4.69) is 20.6 Å². The largest absolute Gasteiger partial charge is 0.481 e. The summed E-state index contributed by atoms with van der Waals surface area (Å²) in [5, 5.41) is 6.12. The Kier molecular flexibility index (Phi) is 5.99. The van der Waals surface area contributed by atoms with E-state index in [1.807, 2.05) is 61.5 Å². The molecule has 3 rings (SSSR count). The van der Waals surface area contributed by atoms with E-state index in [0.717, 1.165) is 23.4 Å². The van der Waals surface area contributed by atoms with Crippen LogP contribution in [0, 0.1) is 6.92 Å². The van der Waals surface area contributed by atoms with Crippen molar-refractivity contribution in [3.63, 3.8) is 0 Å². The Bertz CT molecular complexity index is 896. The molecule has 1 heterocycles. The van der Waals surface area contributed by atoms with Crippen LogP contribution in [0.4, 0.5) is 17.2 Å². The zero-order valence-corrected chi connectivity index (χ0v) is 15.4. The zero-order chi connectivity index (χ0) is 19.1. The summed E-state index contributed by atoms with van der Waals surface area (Å²) in [6.45, 7) is 1.81. The number of carbonyl (C=O) groups is 1. The van der Waals surface area contributed by atoms with Crippen LogP contribution >= 0.6 is 0 Å². The molecule has 2 N–H and O–H groups in total. The average Bonchev–Trinajstić information content (AvgIpc) is 2.68. The van der Waals surface area contributed by atoms with Crippen molar-refractivity contribution in [2.24, 2.45) is 0 Å². The van der Waals surface area contributed by atoms with Gasteiger partial charge in [0.05, 0.1) is 7.11 Å². The molecular formula is C21H22N4O2. The summed E-state index contributed by atoms with van der Waals surface area (Å²) in [7, 11) is 1.57. The number of aryl methyl sites for hydroxylation is 2. The topological polar surface area (TPSA) is 76.1 Å². The highest BCUT2D eigenvalue weighted by atomic mass is 16.5. The van der Waals surface area contributed by atoms with Gasteiger partial charge in [-0.05, 0) is 43.2 Å². The van der Waals surface area contributed by atoms with Gasteiger partial charge in [-0.2, -0.15) is 4.98 Å². The molecule has 2 aromatic carbocycles. The maximum absolute atomic E-state index is 12.1. The molecule has 6 nitrogen and oxygen atoms in total. The van der Waals surface area contributed by atoms with Crippen LogP contribution in [0.25, 0.3) is 0 Å². The number of hydrogen-bond acceptors (Lipinski definition) is 5. The molecule has 0 bridgehead atoms. The third-order valence-electron chi connectivity index (χ3n) is 3.95. The van der Waals surface area contributed by atoms with E-state index in [1.54, 1.807) is 13.2 Å². The van der Waals surface area contributed by atoms with Gasteiger partial charge in [0, 0.05) is 23.9 Å². The Hall–Kier alpha value is -3.41. The Morgan fingerprint density at radius 1 is 1.00 bits per heavy atom. The number of anilines is 3. The van der Waals surface area contributed by atoms with Gasteiger partial charge < -0.3 is 15.4 Å². The van der Waals surface area contributed by atoms with Crippen LogP contribution in [0.15, 0.2) is 60.7 Å². The molecule has 0 radical (unpaired) electrons. The molecule has 27 heavy (non-hydrogen) atoms. The molecule has 1 amide bonds. The summed E-state index contributed by atoms with van der Waals surface area (Å²) in [5.74, 6) is 1.78. The first-order chi connectivity index (χ1) is 13.1. The first-order valence-corrected chi connectivity index (χ1v) is 8.73. The average molecular weight is 362 g/mol. The zero-order valence-electron chi connectivity index (χ0n) is 15.4. The Labute approximate surface area is 158 Å². The van der Waals surface area contributed by atoms with Crippen molar-refractivity contribution in [2.45, 2.75) is 19.8 Å². The van der Waals surface area contributed by atoms with Crippen molar-refractivity contribution in [2.75, 3.05) is 17.7 Å². The molecule has 0 spiro atoms. The lowest BCUT2D eigenvalue weighted by Gasteiger charge is -2.09. The number of methoxy groups -OCH3 is 1. The molecule has 0 fully saturated rings.